The highest BCUT2D eigenvalue weighted by Gasteiger charge is 2.16. The average Bonchev–Trinajstić information content (AvgIpc) is 3.18. The Morgan fingerprint density at radius 1 is 1.24 bits per heavy atom. The monoisotopic (exact) mass is 377 g/mol. The second-order valence-corrected chi connectivity index (χ2v) is 7.79. The van der Waals surface area contributed by atoms with Crippen molar-refractivity contribution in [1.82, 2.24) is 14.8 Å². The molecule has 1 amide bonds. The Morgan fingerprint density at radius 3 is 2.52 bits per heavy atom. The van der Waals surface area contributed by atoms with Gasteiger partial charge in [-0.25, -0.2) is 13.4 Å². The third kappa shape index (κ3) is 3.86. The van der Waals surface area contributed by atoms with Crippen LogP contribution in [0.5, 0.6) is 0 Å². The van der Waals surface area contributed by atoms with Crippen LogP contribution in [0.25, 0.3) is 0 Å². The summed E-state index contributed by atoms with van der Waals surface area (Å²) in [5.41, 5.74) is 1.63. The van der Waals surface area contributed by atoms with E-state index in [4.69, 9.17) is 0 Å². The summed E-state index contributed by atoms with van der Waals surface area (Å²) in [5.74, 6) is -0.361. The molecule has 130 valence electrons. The summed E-state index contributed by atoms with van der Waals surface area (Å²) in [5, 5.41) is 8.75. The summed E-state index contributed by atoms with van der Waals surface area (Å²) in [4.78, 5) is 16.1. The molecule has 2 aromatic heterocycles. The minimum absolute atomic E-state index is 0.0781. The number of hydrogen-bond acceptors (Lipinski definition) is 6. The molecule has 0 aliphatic heterocycles. The maximum Gasteiger partial charge on any atom is 0.276 e. The van der Waals surface area contributed by atoms with Gasteiger partial charge < -0.3 is 5.32 Å². The van der Waals surface area contributed by atoms with Crippen LogP contribution in [0.15, 0.2) is 46.8 Å². The highest BCUT2D eigenvalue weighted by Crippen LogP contribution is 2.19. The third-order valence-electron chi connectivity index (χ3n) is 3.42. The van der Waals surface area contributed by atoms with Crippen LogP contribution < -0.4 is 10.0 Å². The van der Waals surface area contributed by atoms with Crippen molar-refractivity contribution >= 4 is 38.1 Å². The molecule has 0 spiro atoms. The Kier molecular flexibility index (Phi) is 4.55. The van der Waals surface area contributed by atoms with Gasteiger partial charge in [-0.2, -0.15) is 5.10 Å². The number of amides is 1. The molecule has 2 heterocycles. The van der Waals surface area contributed by atoms with Crippen LogP contribution in [0.3, 0.4) is 0 Å². The number of rotatable bonds is 5. The van der Waals surface area contributed by atoms with Gasteiger partial charge in [0.25, 0.3) is 15.9 Å². The number of hydrogen-bond donors (Lipinski definition) is 2. The van der Waals surface area contributed by atoms with E-state index in [1.807, 2.05) is 6.92 Å². The highest BCUT2D eigenvalue weighted by molar-refractivity contribution is 7.93. The number of aromatic nitrogens is 3. The lowest BCUT2D eigenvalue weighted by atomic mass is 10.3. The number of nitrogens with zero attached hydrogens (tertiary/aromatic N) is 3. The van der Waals surface area contributed by atoms with Gasteiger partial charge >= 0.3 is 0 Å². The van der Waals surface area contributed by atoms with Crippen LogP contribution in [0.4, 0.5) is 10.8 Å². The molecule has 8 nitrogen and oxygen atoms in total. The summed E-state index contributed by atoms with van der Waals surface area (Å²) in [6.45, 7) is 1.85. The molecule has 0 aliphatic carbocycles. The van der Waals surface area contributed by atoms with Crippen LogP contribution in [-0.4, -0.2) is 29.1 Å². The molecular weight excluding hydrogens is 362 g/mol. The number of sulfonamides is 1. The van der Waals surface area contributed by atoms with Gasteiger partial charge in [0.1, 0.15) is 0 Å². The summed E-state index contributed by atoms with van der Waals surface area (Å²) in [6, 6.07) is 7.53. The standard InChI is InChI=1S/C15H15N5O3S2/c1-10-9-13(18-20(10)2)14(21)17-11-3-5-12(6-4-11)25(22,23)19-15-16-7-8-24-15/h3-9H,1-2H3,(H,16,19)(H,17,21). The molecule has 0 fully saturated rings. The first kappa shape index (κ1) is 17.1. The lowest BCUT2D eigenvalue weighted by molar-refractivity contribution is 0.102. The normalized spacial score (nSPS) is 11.3. The summed E-state index contributed by atoms with van der Waals surface area (Å²) >= 11 is 1.19. The zero-order valence-corrected chi connectivity index (χ0v) is 15.1. The van der Waals surface area contributed by atoms with Crippen molar-refractivity contribution in [3.05, 3.63) is 53.3 Å². The Morgan fingerprint density at radius 2 is 1.96 bits per heavy atom. The van der Waals surface area contributed by atoms with E-state index in [1.165, 1.54) is 41.8 Å². The average molecular weight is 377 g/mol. The molecule has 0 unspecified atom stereocenters. The van der Waals surface area contributed by atoms with Gasteiger partial charge in [0, 0.05) is 30.0 Å². The Hall–Kier alpha value is -2.72. The van der Waals surface area contributed by atoms with Crippen molar-refractivity contribution in [3.63, 3.8) is 0 Å². The zero-order chi connectivity index (χ0) is 18.0. The number of benzene rings is 1. The van der Waals surface area contributed by atoms with Crippen molar-refractivity contribution in [2.75, 3.05) is 10.0 Å². The van der Waals surface area contributed by atoms with Gasteiger partial charge in [0.2, 0.25) is 0 Å². The Bertz CT molecular complexity index is 973. The molecule has 0 bridgehead atoms. The number of thiazole rings is 1. The molecule has 0 radical (unpaired) electrons. The highest BCUT2D eigenvalue weighted by atomic mass is 32.2. The van der Waals surface area contributed by atoms with Crippen LogP contribution in [-0.2, 0) is 17.1 Å². The van der Waals surface area contributed by atoms with E-state index in [9.17, 15) is 13.2 Å². The number of anilines is 2. The van der Waals surface area contributed by atoms with Crippen molar-refractivity contribution in [1.29, 1.82) is 0 Å². The topological polar surface area (TPSA) is 106 Å². The van der Waals surface area contributed by atoms with Crippen LogP contribution in [0.2, 0.25) is 0 Å². The first-order valence-electron chi connectivity index (χ1n) is 7.19. The van der Waals surface area contributed by atoms with E-state index in [0.717, 1.165) is 5.69 Å². The molecule has 3 aromatic rings. The van der Waals surface area contributed by atoms with Gasteiger partial charge in [0.15, 0.2) is 10.8 Å². The number of aryl methyl sites for hydroxylation is 2. The van der Waals surface area contributed by atoms with Gasteiger partial charge in [-0.1, -0.05) is 0 Å². The first-order valence-corrected chi connectivity index (χ1v) is 9.56. The van der Waals surface area contributed by atoms with Crippen molar-refractivity contribution in [3.8, 4) is 0 Å². The van der Waals surface area contributed by atoms with Gasteiger partial charge in [0.05, 0.1) is 4.90 Å². The smallest absolute Gasteiger partial charge is 0.276 e. The van der Waals surface area contributed by atoms with E-state index in [1.54, 1.807) is 23.2 Å². The van der Waals surface area contributed by atoms with Crippen molar-refractivity contribution < 1.29 is 13.2 Å². The second-order valence-electron chi connectivity index (χ2n) is 5.22. The molecule has 1 aromatic carbocycles. The maximum absolute atomic E-state index is 12.3. The Balaban J connectivity index is 1.72. The summed E-state index contributed by atoms with van der Waals surface area (Å²) in [7, 11) is -1.96. The fraction of sp³-hybridized carbons (Fsp3) is 0.133. The molecule has 10 heteroatoms. The van der Waals surface area contributed by atoms with Gasteiger partial charge in [-0.3, -0.25) is 14.2 Å². The Labute approximate surface area is 148 Å². The van der Waals surface area contributed by atoms with Crippen molar-refractivity contribution in [2.45, 2.75) is 11.8 Å². The molecule has 25 heavy (non-hydrogen) atoms. The predicted octanol–water partition coefficient (Wildman–Crippen LogP) is 2.24. The summed E-state index contributed by atoms with van der Waals surface area (Å²) in [6.07, 6.45) is 1.51. The van der Waals surface area contributed by atoms with Gasteiger partial charge in [-0.15, -0.1) is 11.3 Å². The van der Waals surface area contributed by atoms with E-state index < -0.39 is 10.0 Å². The minimum atomic E-state index is -3.71. The van der Waals surface area contributed by atoms with Crippen molar-refractivity contribution in [2.24, 2.45) is 7.05 Å². The van der Waals surface area contributed by atoms with Crippen LogP contribution >= 0.6 is 11.3 Å². The minimum Gasteiger partial charge on any atom is -0.321 e. The van der Waals surface area contributed by atoms with E-state index in [-0.39, 0.29) is 10.8 Å². The number of nitrogens with one attached hydrogen (secondary N) is 2. The van der Waals surface area contributed by atoms with E-state index >= 15 is 0 Å². The fourth-order valence-electron chi connectivity index (χ4n) is 2.03. The zero-order valence-electron chi connectivity index (χ0n) is 13.4. The maximum atomic E-state index is 12.3. The fourth-order valence-corrected chi connectivity index (χ4v) is 3.82. The summed E-state index contributed by atoms with van der Waals surface area (Å²) < 4.78 is 28.5. The molecule has 0 saturated carbocycles. The quantitative estimate of drug-likeness (QED) is 0.709. The lowest BCUT2D eigenvalue weighted by Crippen LogP contribution is -2.14. The SMILES string of the molecule is Cc1cc(C(=O)Nc2ccc(S(=O)(=O)Nc3nccs3)cc2)nn1C. The molecule has 0 atom stereocenters. The number of carbonyl (C=O) groups is 1. The van der Waals surface area contributed by atoms with E-state index in [2.05, 4.69) is 20.1 Å². The lowest BCUT2D eigenvalue weighted by Gasteiger charge is -2.07. The third-order valence-corrected chi connectivity index (χ3v) is 5.60. The molecule has 2 N–H and O–H groups in total. The second kappa shape index (κ2) is 6.65. The molecule has 3 rings (SSSR count). The largest absolute Gasteiger partial charge is 0.321 e. The predicted molar refractivity (Wildman–Crippen MR) is 95.3 cm³/mol. The van der Waals surface area contributed by atoms with Gasteiger partial charge in [-0.05, 0) is 37.3 Å². The first-order chi connectivity index (χ1) is 11.8. The molecule has 0 aliphatic rings. The van der Waals surface area contributed by atoms with E-state index in [0.29, 0.717) is 16.5 Å². The van der Waals surface area contributed by atoms with Crippen LogP contribution in [0.1, 0.15) is 16.2 Å². The van der Waals surface area contributed by atoms with Crippen LogP contribution in [0, 0.1) is 6.92 Å². The number of carbonyl (C=O) groups excluding carboxylic acids is 1. The molecule has 0 saturated heterocycles. The molecular formula is C15H15N5O3S2.